The molecule has 1 fully saturated rings. The fourth-order valence-electron chi connectivity index (χ4n) is 3.31. The first-order valence-corrected chi connectivity index (χ1v) is 10.1. The molecule has 1 aliphatic heterocycles. The van der Waals surface area contributed by atoms with Crippen molar-refractivity contribution in [3.63, 3.8) is 0 Å². The van der Waals surface area contributed by atoms with Crippen molar-refractivity contribution >= 4 is 5.97 Å². The quantitative estimate of drug-likeness (QED) is 0.395. The Balaban J connectivity index is 1.44. The predicted molar refractivity (Wildman–Crippen MR) is 107 cm³/mol. The number of hydrogen-bond acceptors (Lipinski definition) is 5. The summed E-state index contributed by atoms with van der Waals surface area (Å²) in [5, 5.41) is 0. The molecule has 0 saturated carbocycles. The molecule has 0 N–H and O–H groups in total. The highest BCUT2D eigenvalue weighted by Gasteiger charge is 2.42. The molecule has 1 aliphatic rings. The molecule has 8 heteroatoms. The van der Waals surface area contributed by atoms with Gasteiger partial charge in [-0.15, -0.1) is 0 Å². The lowest BCUT2D eigenvalue weighted by atomic mass is 9.76. The Bertz CT molecular complexity index is 860. The number of halogens is 3. The summed E-state index contributed by atoms with van der Waals surface area (Å²) >= 11 is 0. The van der Waals surface area contributed by atoms with Gasteiger partial charge in [0.05, 0.1) is 50.4 Å². The van der Waals surface area contributed by atoms with Gasteiger partial charge in [-0.1, -0.05) is 18.2 Å². The van der Waals surface area contributed by atoms with Crippen LogP contribution in [0.1, 0.15) is 30.9 Å². The lowest BCUT2D eigenvalue weighted by molar-refractivity contribution is -0.151. The van der Waals surface area contributed by atoms with Gasteiger partial charge < -0.3 is 18.9 Å². The maximum absolute atomic E-state index is 12.7. The minimum atomic E-state index is -4.39. The van der Waals surface area contributed by atoms with Crippen molar-refractivity contribution < 1.29 is 36.9 Å². The van der Waals surface area contributed by atoms with Crippen molar-refractivity contribution in [2.45, 2.75) is 31.4 Å². The minimum Gasteiger partial charge on any atom is -0.493 e. The predicted octanol–water partition coefficient (Wildman–Crippen LogP) is 4.77. The summed E-state index contributed by atoms with van der Waals surface area (Å²) in [6.07, 6.45) is -3.61. The molecule has 0 atom stereocenters. The van der Waals surface area contributed by atoms with Crippen LogP contribution in [-0.2, 0) is 25.9 Å². The molecule has 0 aliphatic carbocycles. The van der Waals surface area contributed by atoms with Crippen LogP contribution in [0.3, 0.4) is 0 Å². The molecule has 31 heavy (non-hydrogen) atoms. The number of ether oxygens (including phenoxy) is 4. The number of carbonyl (C=O) groups excluding carboxylic acids is 1. The molecule has 0 bridgehead atoms. The minimum absolute atomic E-state index is 0.175. The fourth-order valence-corrected chi connectivity index (χ4v) is 3.31. The van der Waals surface area contributed by atoms with Crippen molar-refractivity contribution in [2.75, 3.05) is 33.0 Å². The van der Waals surface area contributed by atoms with Gasteiger partial charge in [-0.2, -0.15) is 13.2 Å². The Morgan fingerprint density at radius 3 is 2.29 bits per heavy atom. The summed E-state index contributed by atoms with van der Waals surface area (Å²) in [6, 6.07) is 12.3. The van der Waals surface area contributed by atoms with E-state index in [0.717, 1.165) is 17.7 Å². The van der Waals surface area contributed by atoms with Crippen molar-refractivity contribution in [1.82, 2.24) is 0 Å². The lowest BCUT2D eigenvalue weighted by Gasteiger charge is -2.41. The number of carbonyl (C=O) groups is 1. The van der Waals surface area contributed by atoms with Gasteiger partial charge in [0.1, 0.15) is 11.5 Å². The van der Waals surface area contributed by atoms with Crippen LogP contribution >= 0.6 is 0 Å². The van der Waals surface area contributed by atoms with Gasteiger partial charge >= 0.3 is 12.1 Å². The van der Waals surface area contributed by atoms with Gasteiger partial charge in [0, 0.05) is 6.42 Å². The highest BCUT2D eigenvalue weighted by molar-refractivity contribution is 5.72. The van der Waals surface area contributed by atoms with E-state index >= 15 is 0 Å². The highest BCUT2D eigenvalue weighted by atomic mass is 19.4. The van der Waals surface area contributed by atoms with Crippen LogP contribution in [0.2, 0.25) is 0 Å². The number of rotatable bonds is 10. The second-order valence-electron chi connectivity index (χ2n) is 7.36. The average Bonchev–Trinajstić information content (AvgIpc) is 2.71. The molecule has 1 heterocycles. The van der Waals surface area contributed by atoms with Gasteiger partial charge in [0.25, 0.3) is 0 Å². The first kappa shape index (κ1) is 22.9. The average molecular weight is 438 g/mol. The van der Waals surface area contributed by atoms with Crippen LogP contribution in [0.25, 0.3) is 0 Å². The Morgan fingerprint density at radius 1 is 1.03 bits per heavy atom. The van der Waals surface area contributed by atoms with Gasteiger partial charge in [0.15, 0.2) is 0 Å². The summed E-state index contributed by atoms with van der Waals surface area (Å²) in [4.78, 5) is 11.9. The van der Waals surface area contributed by atoms with Crippen LogP contribution in [0.5, 0.6) is 11.5 Å². The van der Waals surface area contributed by atoms with Crippen LogP contribution in [0, 0.1) is 0 Å². The number of esters is 1. The van der Waals surface area contributed by atoms with Crippen molar-refractivity contribution in [1.29, 1.82) is 0 Å². The monoisotopic (exact) mass is 438 g/mol. The van der Waals surface area contributed by atoms with Crippen molar-refractivity contribution in [3.8, 4) is 11.5 Å². The molecular formula is C23H25F3O5. The van der Waals surface area contributed by atoms with E-state index in [4.69, 9.17) is 18.9 Å². The number of hydrogen-bond donors (Lipinski definition) is 0. The molecule has 0 radical (unpaired) electrons. The molecule has 168 valence electrons. The first-order chi connectivity index (χ1) is 14.8. The normalized spacial score (nSPS) is 15.1. The van der Waals surface area contributed by atoms with Crippen LogP contribution < -0.4 is 9.47 Å². The maximum atomic E-state index is 12.7. The van der Waals surface area contributed by atoms with E-state index in [1.807, 2.05) is 24.3 Å². The molecule has 0 spiro atoms. The Kier molecular flexibility index (Phi) is 7.43. The summed E-state index contributed by atoms with van der Waals surface area (Å²) in [5.41, 5.74) is -0.102. The smallest absolute Gasteiger partial charge is 0.416 e. The van der Waals surface area contributed by atoms with Gasteiger partial charge in [-0.25, -0.2) is 0 Å². The van der Waals surface area contributed by atoms with E-state index in [1.54, 1.807) is 6.92 Å². The molecule has 3 rings (SSSR count). The molecule has 0 unspecified atom stereocenters. The van der Waals surface area contributed by atoms with Crippen LogP contribution in [-0.4, -0.2) is 39.0 Å². The molecule has 0 aromatic heterocycles. The zero-order valence-corrected chi connectivity index (χ0v) is 17.2. The summed E-state index contributed by atoms with van der Waals surface area (Å²) in [6.45, 7) is 3.66. The first-order valence-electron chi connectivity index (χ1n) is 10.1. The van der Waals surface area contributed by atoms with E-state index in [2.05, 4.69) is 0 Å². The second-order valence-corrected chi connectivity index (χ2v) is 7.36. The highest BCUT2D eigenvalue weighted by Crippen LogP contribution is 2.37. The molecule has 2 aromatic carbocycles. The van der Waals surface area contributed by atoms with E-state index in [1.165, 1.54) is 12.1 Å². The van der Waals surface area contributed by atoms with Crippen LogP contribution in [0.15, 0.2) is 48.5 Å². The van der Waals surface area contributed by atoms with E-state index in [9.17, 15) is 18.0 Å². The van der Waals surface area contributed by atoms with Crippen molar-refractivity contribution in [2.24, 2.45) is 0 Å². The summed E-state index contributed by atoms with van der Waals surface area (Å²) in [5.74, 6) is 0.593. The van der Waals surface area contributed by atoms with Gasteiger partial charge in [-0.3, -0.25) is 4.79 Å². The summed E-state index contributed by atoms with van der Waals surface area (Å²) in [7, 11) is 0. The van der Waals surface area contributed by atoms with Gasteiger partial charge in [0.2, 0.25) is 0 Å². The third-order valence-electron chi connectivity index (χ3n) is 5.00. The molecule has 1 saturated heterocycles. The van der Waals surface area contributed by atoms with E-state index in [0.29, 0.717) is 38.6 Å². The topological polar surface area (TPSA) is 54.0 Å². The third kappa shape index (κ3) is 6.13. The Labute approximate surface area is 179 Å². The van der Waals surface area contributed by atoms with E-state index < -0.39 is 11.7 Å². The zero-order valence-electron chi connectivity index (χ0n) is 17.2. The molecule has 2 aromatic rings. The lowest BCUT2D eigenvalue weighted by Crippen LogP contribution is -2.48. The number of alkyl halides is 3. The molecule has 5 nitrogen and oxygen atoms in total. The number of benzene rings is 2. The maximum Gasteiger partial charge on any atom is 0.416 e. The summed E-state index contributed by atoms with van der Waals surface area (Å²) < 4.78 is 59.6. The largest absolute Gasteiger partial charge is 0.493 e. The SMILES string of the molecule is CCOC(=O)CC1(c2ccc(OCCCOc3cccc(C(F)(F)F)c3)cc2)COC1. The second kappa shape index (κ2) is 10.0. The van der Waals surface area contributed by atoms with Gasteiger partial charge in [-0.05, 0) is 42.8 Å². The Morgan fingerprint density at radius 2 is 1.71 bits per heavy atom. The fraction of sp³-hybridized carbons (Fsp3) is 0.435. The Hall–Kier alpha value is -2.74. The zero-order chi connectivity index (χ0) is 22.3. The standard InChI is InChI=1S/C23H25F3O5/c1-2-29-21(27)14-22(15-28-16-22)17-7-9-19(10-8-17)30-11-4-12-31-20-6-3-5-18(13-20)23(24,25)26/h3,5-10,13H,2,4,11-12,14-16H2,1H3. The van der Waals surface area contributed by atoms with Crippen molar-refractivity contribution in [3.05, 3.63) is 59.7 Å². The third-order valence-corrected chi connectivity index (χ3v) is 5.00. The van der Waals surface area contributed by atoms with Crippen LogP contribution in [0.4, 0.5) is 13.2 Å². The molecular weight excluding hydrogens is 413 g/mol. The van der Waals surface area contributed by atoms with E-state index in [-0.39, 0.29) is 30.2 Å². The molecule has 0 amide bonds.